The minimum Gasteiger partial charge on any atom is -0.465 e. The van der Waals surface area contributed by atoms with Crippen molar-refractivity contribution in [3.63, 3.8) is 0 Å². The number of hydrogen-bond acceptors (Lipinski definition) is 3. The fraction of sp³-hybridized carbons (Fsp3) is 0.0667. The molecular formula is C15H12N2O2. The lowest BCUT2D eigenvalue weighted by Crippen LogP contribution is -2.04. The van der Waals surface area contributed by atoms with E-state index in [1.165, 1.54) is 7.11 Å². The highest BCUT2D eigenvalue weighted by atomic mass is 16.5. The third-order valence-electron chi connectivity index (χ3n) is 3.03. The van der Waals surface area contributed by atoms with E-state index in [4.69, 9.17) is 4.74 Å². The summed E-state index contributed by atoms with van der Waals surface area (Å²) >= 11 is 0. The van der Waals surface area contributed by atoms with Gasteiger partial charge in [0, 0.05) is 11.8 Å². The molecule has 1 aromatic carbocycles. The SMILES string of the molecule is COC(=O)c1ccccc1-c1cnc2ccccn12. The van der Waals surface area contributed by atoms with Crippen LogP contribution in [-0.4, -0.2) is 22.5 Å². The van der Waals surface area contributed by atoms with Gasteiger partial charge in [-0.3, -0.25) is 4.40 Å². The summed E-state index contributed by atoms with van der Waals surface area (Å²) in [5, 5.41) is 0. The maximum absolute atomic E-state index is 11.8. The van der Waals surface area contributed by atoms with E-state index < -0.39 is 0 Å². The van der Waals surface area contributed by atoms with Crippen molar-refractivity contribution >= 4 is 11.6 Å². The van der Waals surface area contributed by atoms with Gasteiger partial charge in [0.1, 0.15) is 5.65 Å². The number of fused-ring (bicyclic) bond motifs is 1. The van der Waals surface area contributed by atoms with E-state index in [2.05, 4.69) is 4.98 Å². The number of methoxy groups -OCH3 is 1. The Kier molecular flexibility index (Phi) is 2.76. The molecule has 0 aliphatic carbocycles. The number of hydrogen-bond donors (Lipinski definition) is 0. The molecular weight excluding hydrogens is 240 g/mol. The molecule has 0 unspecified atom stereocenters. The van der Waals surface area contributed by atoms with Crippen molar-refractivity contribution in [1.82, 2.24) is 9.38 Å². The van der Waals surface area contributed by atoms with E-state index in [0.717, 1.165) is 16.9 Å². The van der Waals surface area contributed by atoms with Crippen LogP contribution in [0, 0.1) is 0 Å². The highest BCUT2D eigenvalue weighted by Crippen LogP contribution is 2.25. The lowest BCUT2D eigenvalue weighted by atomic mass is 10.1. The third kappa shape index (κ3) is 1.87. The standard InChI is InChI=1S/C15H12N2O2/c1-19-15(18)12-7-3-2-6-11(12)13-10-16-14-8-4-5-9-17(13)14/h2-10H,1H3. The minimum absolute atomic E-state index is 0.346. The molecule has 0 bridgehead atoms. The van der Waals surface area contributed by atoms with E-state index >= 15 is 0 Å². The van der Waals surface area contributed by atoms with Crippen LogP contribution < -0.4 is 0 Å². The molecule has 3 aromatic rings. The van der Waals surface area contributed by atoms with Crippen molar-refractivity contribution in [2.24, 2.45) is 0 Å². The van der Waals surface area contributed by atoms with Gasteiger partial charge in [0.2, 0.25) is 0 Å². The molecule has 0 aliphatic rings. The van der Waals surface area contributed by atoms with Crippen LogP contribution in [0.1, 0.15) is 10.4 Å². The van der Waals surface area contributed by atoms with Crippen LogP contribution in [0.4, 0.5) is 0 Å². The monoisotopic (exact) mass is 252 g/mol. The van der Waals surface area contributed by atoms with E-state index in [1.54, 1.807) is 12.3 Å². The number of nitrogens with zero attached hydrogens (tertiary/aromatic N) is 2. The topological polar surface area (TPSA) is 43.6 Å². The molecule has 4 nitrogen and oxygen atoms in total. The lowest BCUT2D eigenvalue weighted by Gasteiger charge is -2.07. The Bertz CT molecular complexity index is 746. The fourth-order valence-electron chi connectivity index (χ4n) is 2.13. The number of rotatable bonds is 2. The molecule has 0 spiro atoms. The molecule has 4 heteroatoms. The molecule has 19 heavy (non-hydrogen) atoms. The van der Waals surface area contributed by atoms with Crippen molar-refractivity contribution in [2.75, 3.05) is 7.11 Å². The number of carbonyl (C=O) groups is 1. The predicted octanol–water partition coefficient (Wildman–Crippen LogP) is 2.79. The molecule has 0 saturated heterocycles. The van der Waals surface area contributed by atoms with Crippen molar-refractivity contribution in [3.8, 4) is 11.3 Å². The summed E-state index contributed by atoms with van der Waals surface area (Å²) in [7, 11) is 1.38. The van der Waals surface area contributed by atoms with E-state index in [0.29, 0.717) is 5.56 Å². The number of esters is 1. The van der Waals surface area contributed by atoms with Gasteiger partial charge in [-0.05, 0) is 18.2 Å². The number of ether oxygens (including phenoxy) is 1. The first-order valence-corrected chi connectivity index (χ1v) is 5.91. The summed E-state index contributed by atoms with van der Waals surface area (Å²) < 4.78 is 6.76. The average molecular weight is 252 g/mol. The molecule has 0 amide bonds. The zero-order chi connectivity index (χ0) is 13.2. The first-order valence-electron chi connectivity index (χ1n) is 5.91. The zero-order valence-corrected chi connectivity index (χ0v) is 10.4. The van der Waals surface area contributed by atoms with Crippen molar-refractivity contribution in [3.05, 3.63) is 60.4 Å². The first-order chi connectivity index (χ1) is 9.31. The molecule has 0 fully saturated rings. The maximum Gasteiger partial charge on any atom is 0.338 e. The van der Waals surface area contributed by atoms with Gasteiger partial charge in [-0.15, -0.1) is 0 Å². The maximum atomic E-state index is 11.8. The molecule has 2 heterocycles. The number of carbonyl (C=O) groups excluding carboxylic acids is 1. The third-order valence-corrected chi connectivity index (χ3v) is 3.03. The second-order valence-electron chi connectivity index (χ2n) is 4.11. The van der Waals surface area contributed by atoms with E-state index in [1.807, 2.05) is 47.0 Å². The lowest BCUT2D eigenvalue weighted by molar-refractivity contribution is 0.0601. The Labute approximate surface area is 110 Å². The van der Waals surface area contributed by atoms with Gasteiger partial charge in [-0.25, -0.2) is 9.78 Å². The van der Waals surface area contributed by atoms with Crippen molar-refractivity contribution in [2.45, 2.75) is 0 Å². The van der Waals surface area contributed by atoms with Gasteiger partial charge in [0.05, 0.1) is 24.6 Å². The van der Waals surface area contributed by atoms with Crippen LogP contribution in [0.2, 0.25) is 0 Å². The molecule has 0 atom stereocenters. The minimum atomic E-state index is -0.346. The molecule has 0 aliphatic heterocycles. The summed E-state index contributed by atoms with van der Waals surface area (Å²) in [5.74, 6) is -0.346. The molecule has 94 valence electrons. The second kappa shape index (κ2) is 4.57. The largest absolute Gasteiger partial charge is 0.465 e. The van der Waals surface area contributed by atoms with Crippen LogP contribution in [0.5, 0.6) is 0 Å². The van der Waals surface area contributed by atoms with Gasteiger partial charge in [-0.1, -0.05) is 24.3 Å². The van der Waals surface area contributed by atoms with Crippen molar-refractivity contribution < 1.29 is 9.53 Å². The first kappa shape index (κ1) is 11.5. The average Bonchev–Trinajstić information content (AvgIpc) is 2.90. The summed E-state index contributed by atoms with van der Waals surface area (Å²) in [6, 6.07) is 13.1. The van der Waals surface area contributed by atoms with Crippen LogP contribution in [0.15, 0.2) is 54.9 Å². The Balaban J connectivity index is 2.25. The summed E-state index contributed by atoms with van der Waals surface area (Å²) in [5.41, 5.74) is 3.07. The summed E-state index contributed by atoms with van der Waals surface area (Å²) in [6.07, 6.45) is 3.68. The van der Waals surface area contributed by atoms with Crippen LogP contribution in [-0.2, 0) is 4.74 Å². The fourth-order valence-corrected chi connectivity index (χ4v) is 2.13. The number of imidazole rings is 1. The van der Waals surface area contributed by atoms with Crippen LogP contribution >= 0.6 is 0 Å². The Hall–Kier alpha value is -2.62. The smallest absolute Gasteiger partial charge is 0.338 e. The van der Waals surface area contributed by atoms with Gasteiger partial charge in [0.25, 0.3) is 0 Å². The Morgan fingerprint density at radius 2 is 1.95 bits per heavy atom. The number of benzene rings is 1. The Morgan fingerprint density at radius 3 is 2.79 bits per heavy atom. The Morgan fingerprint density at radius 1 is 1.16 bits per heavy atom. The zero-order valence-electron chi connectivity index (χ0n) is 10.4. The van der Waals surface area contributed by atoms with E-state index in [-0.39, 0.29) is 5.97 Å². The van der Waals surface area contributed by atoms with Gasteiger partial charge in [-0.2, -0.15) is 0 Å². The van der Waals surface area contributed by atoms with Gasteiger partial charge in [0.15, 0.2) is 0 Å². The quantitative estimate of drug-likeness (QED) is 0.659. The number of pyridine rings is 1. The van der Waals surface area contributed by atoms with Gasteiger partial charge >= 0.3 is 5.97 Å². The van der Waals surface area contributed by atoms with Crippen LogP contribution in [0.3, 0.4) is 0 Å². The summed E-state index contributed by atoms with van der Waals surface area (Å²) in [6.45, 7) is 0. The van der Waals surface area contributed by atoms with E-state index in [9.17, 15) is 4.79 Å². The number of aromatic nitrogens is 2. The van der Waals surface area contributed by atoms with Crippen molar-refractivity contribution in [1.29, 1.82) is 0 Å². The second-order valence-corrected chi connectivity index (χ2v) is 4.11. The molecule has 0 radical (unpaired) electrons. The molecule has 0 N–H and O–H groups in total. The van der Waals surface area contributed by atoms with Gasteiger partial charge < -0.3 is 4.74 Å². The normalized spacial score (nSPS) is 10.6. The summed E-state index contributed by atoms with van der Waals surface area (Å²) in [4.78, 5) is 16.1. The molecule has 2 aromatic heterocycles. The molecule has 0 saturated carbocycles. The highest BCUT2D eigenvalue weighted by molar-refractivity contribution is 5.96. The highest BCUT2D eigenvalue weighted by Gasteiger charge is 2.15. The molecule has 3 rings (SSSR count). The predicted molar refractivity (Wildman–Crippen MR) is 72.0 cm³/mol. The van der Waals surface area contributed by atoms with Crippen LogP contribution in [0.25, 0.3) is 16.9 Å².